The van der Waals surface area contributed by atoms with Gasteiger partial charge < -0.3 is 5.32 Å². The smallest absolute Gasteiger partial charge is 0.232 e. The number of hydrogen-bond acceptors (Lipinski definition) is 1. The van der Waals surface area contributed by atoms with Gasteiger partial charge in [-0.05, 0) is 12.5 Å². The van der Waals surface area contributed by atoms with Gasteiger partial charge in [-0.25, -0.2) is 4.58 Å². The first-order valence-corrected chi connectivity index (χ1v) is 11.9. The van der Waals surface area contributed by atoms with Crippen LogP contribution in [0.3, 0.4) is 0 Å². The van der Waals surface area contributed by atoms with Gasteiger partial charge in [-0.2, -0.15) is 0 Å². The third-order valence-electron chi connectivity index (χ3n) is 5.66. The van der Waals surface area contributed by atoms with Gasteiger partial charge in [0, 0.05) is 13.1 Å². The Morgan fingerprint density at radius 2 is 1.43 bits per heavy atom. The number of nitrogens with zero attached hydrogens (tertiary/aromatic N) is 1. The zero-order valence-corrected chi connectivity index (χ0v) is 18.6. The van der Waals surface area contributed by atoms with Crippen LogP contribution >= 0.6 is 0 Å². The molecule has 3 nitrogen and oxygen atoms in total. The van der Waals surface area contributed by atoms with Gasteiger partial charge in [-0.3, -0.25) is 4.79 Å². The van der Waals surface area contributed by atoms with Crippen LogP contribution in [0.25, 0.3) is 0 Å². The van der Waals surface area contributed by atoms with Gasteiger partial charge >= 0.3 is 0 Å². The summed E-state index contributed by atoms with van der Waals surface area (Å²) in [7, 11) is 1.74. The average Bonchev–Trinajstić information content (AvgIpc) is 2.73. The Labute approximate surface area is 174 Å². The predicted octanol–water partition coefficient (Wildman–Crippen LogP) is 6.39. The summed E-state index contributed by atoms with van der Waals surface area (Å²) in [6.07, 6.45) is 30.4. The lowest BCUT2D eigenvalue weighted by atomic mass is 9.99. The summed E-state index contributed by atoms with van der Waals surface area (Å²) in [5, 5.41) is 2.82. The van der Waals surface area contributed by atoms with Crippen molar-refractivity contribution < 1.29 is 9.37 Å². The molecular weight excluding hydrogens is 344 g/mol. The molecule has 3 heteroatoms. The molecular formula is C25H45N2O+. The van der Waals surface area contributed by atoms with Crippen LogP contribution in [0, 0.1) is 5.92 Å². The van der Waals surface area contributed by atoms with Gasteiger partial charge in [0.25, 0.3) is 0 Å². The van der Waals surface area contributed by atoms with E-state index in [2.05, 4.69) is 29.1 Å². The molecule has 1 N–H and O–H groups in total. The highest BCUT2D eigenvalue weighted by Crippen LogP contribution is 2.15. The fourth-order valence-electron chi connectivity index (χ4n) is 3.84. The molecule has 160 valence electrons. The Morgan fingerprint density at radius 3 is 1.89 bits per heavy atom. The van der Waals surface area contributed by atoms with E-state index in [-0.39, 0.29) is 11.8 Å². The molecule has 1 aliphatic rings. The summed E-state index contributed by atoms with van der Waals surface area (Å²) in [5.41, 5.74) is 0. The molecule has 0 saturated heterocycles. The van der Waals surface area contributed by atoms with Crippen molar-refractivity contribution >= 4 is 12.1 Å². The lowest BCUT2D eigenvalue weighted by molar-refractivity contribution is -0.443. The van der Waals surface area contributed by atoms with E-state index in [4.69, 9.17) is 0 Å². The van der Waals surface area contributed by atoms with Gasteiger partial charge in [0.2, 0.25) is 5.91 Å². The van der Waals surface area contributed by atoms with E-state index in [0.717, 1.165) is 19.4 Å². The molecule has 1 unspecified atom stereocenters. The van der Waals surface area contributed by atoms with Gasteiger partial charge in [-0.15, -0.1) is 0 Å². The Balaban J connectivity index is 2.00. The summed E-state index contributed by atoms with van der Waals surface area (Å²) in [5.74, 6) is 0.121. The number of hydrogen-bond donors (Lipinski definition) is 1. The van der Waals surface area contributed by atoms with Crippen LogP contribution < -0.4 is 5.32 Å². The molecule has 0 radical (unpaired) electrons. The van der Waals surface area contributed by atoms with Crippen molar-refractivity contribution in [2.45, 2.75) is 103 Å². The number of unbranched alkanes of at least 4 members (excludes halogenated alkanes) is 13. The molecule has 28 heavy (non-hydrogen) atoms. The molecule has 0 aromatic carbocycles. The SMILES string of the molecule is CCCCCCCCCCCCCCCCC(C=[N+]1C=CC=CC1)C(=O)NC. The Hall–Kier alpha value is -1.38. The Morgan fingerprint density at radius 1 is 0.893 bits per heavy atom. The summed E-state index contributed by atoms with van der Waals surface area (Å²) in [6, 6.07) is 0. The number of carbonyl (C=O) groups excluding carboxylic acids is 1. The highest BCUT2D eigenvalue weighted by atomic mass is 16.1. The second kappa shape index (κ2) is 17.7. The molecule has 0 aliphatic carbocycles. The summed E-state index contributed by atoms with van der Waals surface area (Å²) in [6.45, 7) is 3.15. The fraction of sp³-hybridized carbons (Fsp3) is 0.760. The van der Waals surface area contributed by atoms with Crippen LogP contribution in [-0.4, -0.2) is 30.3 Å². The van der Waals surface area contributed by atoms with Crippen LogP contribution in [0.5, 0.6) is 0 Å². The predicted molar refractivity (Wildman–Crippen MR) is 122 cm³/mol. The molecule has 0 bridgehead atoms. The number of allylic oxidation sites excluding steroid dienone is 2. The first kappa shape index (κ1) is 24.7. The summed E-state index contributed by atoms with van der Waals surface area (Å²) < 4.78 is 2.11. The van der Waals surface area contributed by atoms with Gasteiger partial charge in [0.05, 0.1) is 0 Å². The Bertz CT molecular complexity index is 479. The standard InChI is InChI=1S/C25H44N2O/c1-3-4-5-6-7-8-9-10-11-12-13-14-15-17-20-24(25(28)26-2)23-27-21-18-16-19-22-27/h16,18-19,21,23-24H,3-15,17,20,22H2,1-2H3/p+1. The molecule has 1 aliphatic heterocycles. The first-order valence-electron chi connectivity index (χ1n) is 11.9. The van der Waals surface area contributed by atoms with Crippen molar-refractivity contribution in [3.63, 3.8) is 0 Å². The minimum absolute atomic E-state index is 0.0153. The van der Waals surface area contributed by atoms with Crippen molar-refractivity contribution in [3.8, 4) is 0 Å². The fourth-order valence-corrected chi connectivity index (χ4v) is 3.84. The maximum absolute atomic E-state index is 12.1. The van der Waals surface area contributed by atoms with Crippen molar-refractivity contribution in [1.29, 1.82) is 0 Å². The first-order chi connectivity index (χ1) is 13.8. The van der Waals surface area contributed by atoms with E-state index in [0.29, 0.717) is 0 Å². The monoisotopic (exact) mass is 389 g/mol. The van der Waals surface area contributed by atoms with Crippen molar-refractivity contribution in [1.82, 2.24) is 5.32 Å². The van der Waals surface area contributed by atoms with Crippen molar-refractivity contribution in [2.24, 2.45) is 5.92 Å². The van der Waals surface area contributed by atoms with Crippen LogP contribution in [0.15, 0.2) is 24.4 Å². The van der Waals surface area contributed by atoms with E-state index >= 15 is 0 Å². The van der Waals surface area contributed by atoms with Crippen LogP contribution in [0.2, 0.25) is 0 Å². The van der Waals surface area contributed by atoms with E-state index in [1.165, 1.54) is 83.5 Å². The number of carbonyl (C=O) groups is 1. The van der Waals surface area contributed by atoms with Gasteiger partial charge in [0.1, 0.15) is 5.92 Å². The third kappa shape index (κ3) is 12.9. The molecule has 0 fully saturated rings. The molecule has 0 saturated carbocycles. The molecule has 1 atom stereocenters. The lowest BCUT2D eigenvalue weighted by Crippen LogP contribution is -2.31. The topological polar surface area (TPSA) is 32.1 Å². The molecule has 1 rings (SSSR count). The van der Waals surface area contributed by atoms with Crippen LogP contribution in [-0.2, 0) is 4.79 Å². The van der Waals surface area contributed by atoms with Crippen molar-refractivity contribution in [3.05, 3.63) is 24.4 Å². The number of rotatable bonds is 17. The highest BCUT2D eigenvalue weighted by Gasteiger charge is 2.19. The second-order valence-corrected chi connectivity index (χ2v) is 8.22. The molecule has 0 aromatic heterocycles. The lowest BCUT2D eigenvalue weighted by Gasteiger charge is -2.10. The van der Waals surface area contributed by atoms with Crippen LogP contribution in [0.4, 0.5) is 0 Å². The number of amides is 1. The Kier molecular flexibility index (Phi) is 15.6. The maximum atomic E-state index is 12.1. The van der Waals surface area contributed by atoms with Gasteiger partial charge in [-0.1, -0.05) is 103 Å². The minimum Gasteiger partial charge on any atom is -0.358 e. The van der Waals surface area contributed by atoms with Gasteiger partial charge in [0.15, 0.2) is 19.0 Å². The highest BCUT2D eigenvalue weighted by molar-refractivity contribution is 5.91. The normalized spacial score (nSPS) is 15.9. The molecule has 1 heterocycles. The average molecular weight is 390 g/mol. The van der Waals surface area contributed by atoms with E-state index in [1.54, 1.807) is 7.05 Å². The zero-order valence-electron chi connectivity index (χ0n) is 18.6. The van der Waals surface area contributed by atoms with Crippen LogP contribution in [0.1, 0.15) is 103 Å². The minimum atomic E-state index is -0.0153. The summed E-state index contributed by atoms with van der Waals surface area (Å²) >= 11 is 0. The zero-order chi connectivity index (χ0) is 20.3. The summed E-state index contributed by atoms with van der Waals surface area (Å²) in [4.78, 5) is 12.1. The van der Waals surface area contributed by atoms with Crippen molar-refractivity contribution in [2.75, 3.05) is 13.6 Å². The largest absolute Gasteiger partial charge is 0.358 e. The molecule has 0 spiro atoms. The maximum Gasteiger partial charge on any atom is 0.232 e. The quantitative estimate of drug-likeness (QED) is 0.227. The molecule has 0 aromatic rings. The molecule has 1 amide bonds. The number of nitrogens with one attached hydrogen (secondary N) is 1. The van der Waals surface area contributed by atoms with E-state index < -0.39 is 0 Å². The van der Waals surface area contributed by atoms with E-state index in [1.807, 2.05) is 18.4 Å². The third-order valence-corrected chi connectivity index (χ3v) is 5.66. The van der Waals surface area contributed by atoms with E-state index in [9.17, 15) is 4.79 Å². The second-order valence-electron chi connectivity index (χ2n) is 8.22.